The summed E-state index contributed by atoms with van der Waals surface area (Å²) in [7, 11) is 0. The molecule has 1 aliphatic heterocycles. The van der Waals surface area contributed by atoms with Gasteiger partial charge in [-0.3, -0.25) is 0 Å². The second-order valence-electron chi connectivity index (χ2n) is 8.68. The Morgan fingerprint density at radius 3 is 2.39 bits per heavy atom. The van der Waals surface area contributed by atoms with Gasteiger partial charge in [-0.15, -0.1) is 0 Å². The summed E-state index contributed by atoms with van der Waals surface area (Å²) in [6, 6.07) is 8.95. The highest BCUT2D eigenvalue weighted by atomic mass is 19.1. The number of piperidine rings is 1. The zero-order chi connectivity index (χ0) is 24.0. The van der Waals surface area contributed by atoms with Crippen molar-refractivity contribution in [1.29, 1.82) is 0 Å². The van der Waals surface area contributed by atoms with Gasteiger partial charge in [0.2, 0.25) is 5.69 Å². The number of rotatable bonds is 9. The summed E-state index contributed by atoms with van der Waals surface area (Å²) in [5, 5.41) is 8.98. The SMILES string of the molecule is [C-]#[N+]c1cc(-c2ccc(C(=O)O)c(F)c2)ccc1OCC1CCN(CC(F)(CC)CC)CC1. The number of ether oxygens (including phenoxy) is 1. The van der Waals surface area contributed by atoms with Crippen LogP contribution < -0.4 is 4.74 Å². The Kier molecular flexibility index (Phi) is 8.04. The summed E-state index contributed by atoms with van der Waals surface area (Å²) in [4.78, 5) is 16.7. The molecule has 1 fully saturated rings. The first-order valence-corrected chi connectivity index (χ1v) is 11.4. The van der Waals surface area contributed by atoms with Crippen LogP contribution in [0.25, 0.3) is 16.0 Å². The highest BCUT2D eigenvalue weighted by molar-refractivity contribution is 5.88. The second-order valence-corrected chi connectivity index (χ2v) is 8.68. The minimum Gasteiger partial charge on any atom is -0.504 e. The van der Waals surface area contributed by atoms with E-state index in [4.69, 9.17) is 16.4 Å². The molecular weight excluding hydrogens is 426 g/mol. The molecule has 33 heavy (non-hydrogen) atoms. The van der Waals surface area contributed by atoms with E-state index < -0.39 is 23.0 Å². The molecule has 0 spiro atoms. The lowest BCUT2D eigenvalue weighted by Gasteiger charge is -2.36. The largest absolute Gasteiger partial charge is 0.504 e. The van der Waals surface area contributed by atoms with Crippen LogP contribution in [0.3, 0.4) is 0 Å². The lowest BCUT2D eigenvalue weighted by molar-refractivity contribution is 0.0569. The van der Waals surface area contributed by atoms with Crippen LogP contribution in [-0.4, -0.2) is 47.9 Å². The van der Waals surface area contributed by atoms with Gasteiger partial charge in [-0.25, -0.2) is 18.4 Å². The van der Waals surface area contributed by atoms with Crippen LogP contribution in [0.15, 0.2) is 36.4 Å². The molecule has 0 aromatic heterocycles. The lowest BCUT2D eigenvalue weighted by atomic mass is 9.94. The molecule has 1 saturated heterocycles. The van der Waals surface area contributed by atoms with Crippen molar-refractivity contribution >= 4 is 11.7 Å². The van der Waals surface area contributed by atoms with Crippen LogP contribution in [0, 0.1) is 18.3 Å². The summed E-state index contributed by atoms with van der Waals surface area (Å²) in [6.45, 7) is 13.9. The van der Waals surface area contributed by atoms with Crippen LogP contribution >= 0.6 is 0 Å². The highest BCUT2D eigenvalue weighted by Gasteiger charge is 2.30. The smallest absolute Gasteiger partial charge is 0.338 e. The number of likely N-dealkylation sites (tertiary alicyclic amines) is 1. The van der Waals surface area contributed by atoms with E-state index in [2.05, 4.69) is 9.74 Å². The number of carboxylic acids is 1. The molecule has 0 amide bonds. The van der Waals surface area contributed by atoms with Crippen molar-refractivity contribution < 1.29 is 23.4 Å². The molecule has 176 valence electrons. The Bertz CT molecular complexity index is 1020. The molecule has 2 aromatic rings. The fourth-order valence-corrected chi connectivity index (χ4v) is 4.17. The maximum atomic E-state index is 14.7. The van der Waals surface area contributed by atoms with Gasteiger partial charge < -0.3 is 14.7 Å². The Labute approximate surface area is 193 Å². The summed E-state index contributed by atoms with van der Waals surface area (Å²) in [5.41, 5.74) is -0.0899. The van der Waals surface area contributed by atoms with Crippen molar-refractivity contribution in [2.24, 2.45) is 5.92 Å². The minimum absolute atomic E-state index is 0.320. The van der Waals surface area contributed by atoms with Gasteiger partial charge in [0.1, 0.15) is 17.2 Å². The average molecular weight is 457 g/mol. The average Bonchev–Trinajstić information content (AvgIpc) is 2.83. The van der Waals surface area contributed by atoms with Gasteiger partial charge in [-0.2, -0.15) is 0 Å². The Morgan fingerprint density at radius 1 is 1.18 bits per heavy atom. The number of benzene rings is 2. The minimum atomic E-state index is -1.32. The van der Waals surface area contributed by atoms with Gasteiger partial charge in [0.15, 0.2) is 0 Å². The van der Waals surface area contributed by atoms with Gasteiger partial charge >= 0.3 is 5.97 Å². The fourth-order valence-electron chi connectivity index (χ4n) is 4.17. The molecule has 1 aliphatic rings. The van der Waals surface area contributed by atoms with Crippen molar-refractivity contribution in [1.82, 2.24) is 4.90 Å². The van der Waals surface area contributed by atoms with Crippen LogP contribution in [0.4, 0.5) is 14.5 Å². The molecular formula is C26H30F2N2O3. The first-order valence-electron chi connectivity index (χ1n) is 11.4. The maximum absolute atomic E-state index is 14.7. The first-order chi connectivity index (χ1) is 15.8. The molecule has 7 heteroatoms. The number of hydrogen-bond donors (Lipinski definition) is 1. The quantitative estimate of drug-likeness (QED) is 0.446. The standard InChI is InChI=1S/C26H30F2N2O3/c1-4-26(28,5-2)17-30-12-10-18(11-13-30)16-33-24-9-7-20(15-23(24)29-3)19-6-8-21(25(31)32)22(27)14-19/h6-9,14-15,18H,4-5,10-13,16-17H2,1-2H3,(H,31,32). The number of halogens is 2. The Balaban J connectivity index is 1.60. The van der Waals surface area contributed by atoms with Crippen LogP contribution in [0.2, 0.25) is 0 Å². The fraction of sp³-hybridized carbons (Fsp3) is 0.462. The van der Waals surface area contributed by atoms with Gasteiger partial charge in [-0.1, -0.05) is 26.0 Å². The predicted octanol–water partition coefficient (Wildman–Crippen LogP) is 6.36. The molecule has 2 aromatic carbocycles. The molecule has 0 bridgehead atoms. The number of nitrogens with zero attached hydrogens (tertiary/aromatic N) is 2. The summed E-state index contributed by atoms with van der Waals surface area (Å²) in [6.07, 6.45) is 2.89. The number of carboxylic acid groups (broad SMARTS) is 1. The van der Waals surface area contributed by atoms with E-state index in [-0.39, 0.29) is 0 Å². The molecule has 5 nitrogen and oxygen atoms in total. The Hall–Kier alpha value is -2.98. The lowest BCUT2D eigenvalue weighted by Crippen LogP contribution is -2.44. The molecule has 0 atom stereocenters. The molecule has 0 unspecified atom stereocenters. The summed E-state index contributed by atoms with van der Waals surface area (Å²) in [5.74, 6) is -1.33. The van der Waals surface area contributed by atoms with Crippen molar-refractivity contribution in [3.8, 4) is 16.9 Å². The zero-order valence-electron chi connectivity index (χ0n) is 19.1. The van der Waals surface area contributed by atoms with Gasteiger partial charge in [-0.05, 0) is 80.1 Å². The predicted molar refractivity (Wildman–Crippen MR) is 124 cm³/mol. The van der Waals surface area contributed by atoms with Crippen LogP contribution in [-0.2, 0) is 0 Å². The topological polar surface area (TPSA) is 54.1 Å². The van der Waals surface area contributed by atoms with Crippen LogP contribution in [0.5, 0.6) is 5.75 Å². The summed E-state index contributed by atoms with van der Waals surface area (Å²) < 4.78 is 34.7. The first kappa shape index (κ1) is 24.7. The normalized spacial score (nSPS) is 15.2. The van der Waals surface area contributed by atoms with Gasteiger partial charge in [0.05, 0.1) is 18.7 Å². The van der Waals surface area contributed by atoms with E-state index in [0.29, 0.717) is 54.5 Å². The van der Waals surface area contributed by atoms with Crippen molar-refractivity contribution in [2.75, 3.05) is 26.2 Å². The van der Waals surface area contributed by atoms with E-state index in [1.807, 2.05) is 13.8 Å². The third kappa shape index (κ3) is 6.08. The number of carbonyl (C=O) groups is 1. The third-order valence-corrected chi connectivity index (χ3v) is 6.57. The molecule has 1 N–H and O–H groups in total. The Morgan fingerprint density at radius 2 is 1.82 bits per heavy atom. The van der Waals surface area contributed by atoms with Crippen molar-refractivity contribution in [2.45, 2.75) is 45.2 Å². The van der Waals surface area contributed by atoms with Crippen LogP contribution in [0.1, 0.15) is 49.9 Å². The number of aromatic carboxylic acids is 1. The number of hydrogen-bond acceptors (Lipinski definition) is 3. The zero-order valence-corrected chi connectivity index (χ0v) is 19.1. The molecule has 0 saturated carbocycles. The summed E-state index contributed by atoms with van der Waals surface area (Å²) >= 11 is 0. The van der Waals surface area contributed by atoms with E-state index in [0.717, 1.165) is 32.0 Å². The maximum Gasteiger partial charge on any atom is 0.338 e. The van der Waals surface area contributed by atoms with E-state index >= 15 is 0 Å². The van der Waals surface area contributed by atoms with E-state index in [1.54, 1.807) is 18.2 Å². The van der Waals surface area contributed by atoms with E-state index in [9.17, 15) is 13.6 Å². The van der Waals surface area contributed by atoms with E-state index in [1.165, 1.54) is 12.1 Å². The third-order valence-electron chi connectivity index (χ3n) is 6.57. The molecule has 0 aliphatic carbocycles. The highest BCUT2D eigenvalue weighted by Crippen LogP contribution is 2.34. The molecule has 3 rings (SSSR count). The van der Waals surface area contributed by atoms with Gasteiger partial charge in [0, 0.05) is 6.54 Å². The van der Waals surface area contributed by atoms with Crippen molar-refractivity contribution in [3.05, 3.63) is 59.2 Å². The molecule has 1 heterocycles. The second kappa shape index (κ2) is 10.8. The monoisotopic (exact) mass is 456 g/mol. The number of alkyl halides is 1. The molecule has 0 radical (unpaired) electrons. The van der Waals surface area contributed by atoms with Gasteiger partial charge in [0.25, 0.3) is 0 Å². The van der Waals surface area contributed by atoms with Crippen molar-refractivity contribution in [3.63, 3.8) is 0 Å².